The van der Waals surface area contributed by atoms with Crippen LogP contribution in [0.3, 0.4) is 0 Å². The van der Waals surface area contributed by atoms with Gasteiger partial charge in [-0.05, 0) is 25.7 Å². The van der Waals surface area contributed by atoms with E-state index in [1.54, 1.807) is 6.33 Å². The van der Waals surface area contributed by atoms with Crippen LogP contribution in [-0.2, 0) is 11.2 Å². The summed E-state index contributed by atoms with van der Waals surface area (Å²) < 4.78 is 5.87. The second-order valence-electron chi connectivity index (χ2n) is 5.01. The first-order valence-electron chi connectivity index (χ1n) is 6.75. The van der Waals surface area contributed by atoms with Gasteiger partial charge in [0, 0.05) is 12.6 Å². The van der Waals surface area contributed by atoms with Gasteiger partial charge in [-0.15, -0.1) is 0 Å². The lowest BCUT2D eigenvalue weighted by atomic mass is 9.95. The van der Waals surface area contributed by atoms with Crippen molar-refractivity contribution in [2.24, 2.45) is 0 Å². The maximum absolute atomic E-state index is 5.87. The lowest BCUT2D eigenvalue weighted by Crippen LogP contribution is -2.31. The molecule has 3 atom stereocenters. The Balaban J connectivity index is 1.80. The van der Waals surface area contributed by atoms with Gasteiger partial charge < -0.3 is 15.4 Å². The number of rotatable bonds is 4. The van der Waals surface area contributed by atoms with Crippen LogP contribution in [0.15, 0.2) is 6.33 Å². The fourth-order valence-electron chi connectivity index (χ4n) is 3.05. The third kappa shape index (κ3) is 1.92. The molecule has 0 saturated carbocycles. The molecule has 2 aliphatic heterocycles. The number of hydrogen-bond donors (Lipinski definition) is 2. The van der Waals surface area contributed by atoms with Crippen LogP contribution in [0.4, 0.5) is 11.6 Å². The van der Waals surface area contributed by atoms with Gasteiger partial charge in [0.1, 0.15) is 18.0 Å². The third-order valence-corrected chi connectivity index (χ3v) is 3.96. The van der Waals surface area contributed by atoms with E-state index in [9.17, 15) is 0 Å². The summed E-state index contributed by atoms with van der Waals surface area (Å²) in [5.74, 6) is 1.87. The van der Waals surface area contributed by atoms with Gasteiger partial charge >= 0.3 is 0 Å². The van der Waals surface area contributed by atoms with Crippen molar-refractivity contribution in [2.45, 2.75) is 50.9 Å². The Bertz CT molecular complexity index is 437. The molecule has 18 heavy (non-hydrogen) atoms. The van der Waals surface area contributed by atoms with Gasteiger partial charge in [0.15, 0.2) is 0 Å². The second kappa shape index (κ2) is 4.72. The average molecular weight is 248 g/mol. The van der Waals surface area contributed by atoms with Gasteiger partial charge in [-0.1, -0.05) is 6.92 Å². The van der Waals surface area contributed by atoms with Crippen LogP contribution in [0.25, 0.3) is 0 Å². The molecule has 3 rings (SSSR count). The molecule has 3 heterocycles. The largest absolute Gasteiger partial charge is 0.373 e. The van der Waals surface area contributed by atoms with E-state index in [1.165, 1.54) is 12.8 Å². The molecule has 3 unspecified atom stereocenters. The van der Waals surface area contributed by atoms with Crippen LogP contribution in [-0.4, -0.2) is 35.3 Å². The van der Waals surface area contributed by atoms with Crippen molar-refractivity contribution in [3.63, 3.8) is 0 Å². The number of aromatic nitrogens is 2. The molecule has 0 aliphatic carbocycles. The predicted octanol–water partition coefficient (Wildman–Crippen LogP) is 1.81. The Morgan fingerprint density at radius 1 is 1.33 bits per heavy atom. The van der Waals surface area contributed by atoms with Crippen LogP contribution in [0.1, 0.15) is 31.7 Å². The topological polar surface area (TPSA) is 59.1 Å². The highest BCUT2D eigenvalue weighted by molar-refractivity contribution is 5.57. The van der Waals surface area contributed by atoms with Gasteiger partial charge in [0.25, 0.3) is 0 Å². The normalized spacial score (nSPS) is 29.6. The van der Waals surface area contributed by atoms with Gasteiger partial charge in [0.2, 0.25) is 0 Å². The summed E-state index contributed by atoms with van der Waals surface area (Å²) in [6.07, 6.45) is 6.86. The van der Waals surface area contributed by atoms with Crippen LogP contribution >= 0.6 is 0 Å². The van der Waals surface area contributed by atoms with E-state index in [4.69, 9.17) is 4.74 Å². The van der Waals surface area contributed by atoms with E-state index in [2.05, 4.69) is 27.5 Å². The first-order chi connectivity index (χ1) is 8.81. The molecule has 5 nitrogen and oxygen atoms in total. The Kier molecular flexibility index (Phi) is 3.07. The molecular weight excluding hydrogens is 228 g/mol. The zero-order chi connectivity index (χ0) is 12.5. The number of hydrogen-bond acceptors (Lipinski definition) is 5. The van der Waals surface area contributed by atoms with Crippen molar-refractivity contribution in [3.8, 4) is 0 Å². The highest BCUT2D eigenvalue weighted by Gasteiger charge is 2.41. The maximum atomic E-state index is 5.87. The molecule has 5 heteroatoms. The number of fused-ring (bicyclic) bond motifs is 2. The zero-order valence-corrected chi connectivity index (χ0v) is 10.9. The van der Waals surface area contributed by atoms with Crippen molar-refractivity contribution in [1.29, 1.82) is 0 Å². The fraction of sp³-hybridized carbons (Fsp3) is 0.692. The average Bonchev–Trinajstić information content (AvgIpc) is 3.00. The molecule has 0 radical (unpaired) electrons. The minimum absolute atomic E-state index is 0.368. The van der Waals surface area contributed by atoms with E-state index >= 15 is 0 Å². The van der Waals surface area contributed by atoms with E-state index in [1.807, 2.05) is 7.05 Å². The van der Waals surface area contributed by atoms with Crippen molar-refractivity contribution in [3.05, 3.63) is 11.9 Å². The molecule has 2 aliphatic rings. The highest BCUT2D eigenvalue weighted by atomic mass is 16.5. The molecular formula is C13H20N4O. The summed E-state index contributed by atoms with van der Waals surface area (Å²) in [5.41, 5.74) is 1.16. The number of nitrogens with zero attached hydrogens (tertiary/aromatic N) is 2. The van der Waals surface area contributed by atoms with Gasteiger partial charge in [0.05, 0.1) is 18.2 Å². The summed E-state index contributed by atoms with van der Waals surface area (Å²) in [5, 5.41) is 6.67. The van der Waals surface area contributed by atoms with Crippen LogP contribution in [0.5, 0.6) is 0 Å². The minimum Gasteiger partial charge on any atom is -0.373 e. The second-order valence-corrected chi connectivity index (χ2v) is 5.01. The zero-order valence-electron chi connectivity index (χ0n) is 10.9. The van der Waals surface area contributed by atoms with Crippen LogP contribution in [0.2, 0.25) is 0 Å². The number of ether oxygens (including phenoxy) is 1. The van der Waals surface area contributed by atoms with Crippen LogP contribution < -0.4 is 10.6 Å². The minimum atomic E-state index is 0.368. The Morgan fingerprint density at radius 3 is 2.78 bits per heavy atom. The summed E-state index contributed by atoms with van der Waals surface area (Å²) in [4.78, 5) is 8.65. The number of nitrogens with one attached hydrogen (secondary N) is 2. The molecule has 2 saturated heterocycles. The van der Waals surface area contributed by atoms with E-state index in [0.29, 0.717) is 18.2 Å². The van der Waals surface area contributed by atoms with Crippen LogP contribution in [0, 0.1) is 0 Å². The SMILES string of the molecule is CCc1c(NC)ncnc1NC1CC2CCC1O2. The van der Waals surface area contributed by atoms with Gasteiger partial charge in [-0.25, -0.2) is 9.97 Å². The lowest BCUT2D eigenvalue weighted by Gasteiger charge is -2.22. The Labute approximate surface area is 107 Å². The lowest BCUT2D eigenvalue weighted by molar-refractivity contribution is 0.102. The van der Waals surface area contributed by atoms with Gasteiger partial charge in [-0.2, -0.15) is 0 Å². The Hall–Kier alpha value is -1.36. The molecule has 0 aromatic carbocycles. The predicted molar refractivity (Wildman–Crippen MR) is 70.9 cm³/mol. The van der Waals surface area contributed by atoms with Crippen molar-refractivity contribution >= 4 is 11.6 Å². The molecule has 1 aromatic rings. The molecule has 2 N–H and O–H groups in total. The standard InChI is InChI=1S/C13H20N4O/c1-3-9-12(14-2)15-7-16-13(9)17-10-6-8-4-5-11(10)18-8/h7-8,10-11H,3-6H2,1-2H3,(H2,14,15,16,17). The summed E-state index contributed by atoms with van der Waals surface area (Å²) in [6.45, 7) is 2.13. The third-order valence-electron chi connectivity index (χ3n) is 3.96. The van der Waals surface area contributed by atoms with E-state index in [-0.39, 0.29) is 0 Å². The molecule has 1 aromatic heterocycles. The Morgan fingerprint density at radius 2 is 2.17 bits per heavy atom. The molecule has 0 amide bonds. The van der Waals surface area contributed by atoms with Crippen molar-refractivity contribution < 1.29 is 4.74 Å². The van der Waals surface area contributed by atoms with E-state index < -0.39 is 0 Å². The maximum Gasteiger partial charge on any atom is 0.135 e. The molecule has 2 bridgehead atoms. The first-order valence-corrected chi connectivity index (χ1v) is 6.75. The summed E-state index contributed by atoms with van der Waals surface area (Å²) in [6, 6.07) is 0.411. The monoisotopic (exact) mass is 248 g/mol. The summed E-state index contributed by atoms with van der Waals surface area (Å²) in [7, 11) is 1.89. The summed E-state index contributed by atoms with van der Waals surface area (Å²) >= 11 is 0. The van der Waals surface area contributed by atoms with Crippen molar-refractivity contribution in [2.75, 3.05) is 17.7 Å². The van der Waals surface area contributed by atoms with Crippen molar-refractivity contribution in [1.82, 2.24) is 9.97 Å². The smallest absolute Gasteiger partial charge is 0.135 e. The quantitative estimate of drug-likeness (QED) is 0.851. The molecule has 0 spiro atoms. The number of anilines is 2. The molecule has 2 fully saturated rings. The fourth-order valence-corrected chi connectivity index (χ4v) is 3.05. The first kappa shape index (κ1) is 11.7. The van der Waals surface area contributed by atoms with E-state index in [0.717, 1.165) is 30.0 Å². The molecule has 98 valence electrons. The highest BCUT2D eigenvalue weighted by Crippen LogP contribution is 2.36. The van der Waals surface area contributed by atoms with Gasteiger partial charge in [-0.3, -0.25) is 0 Å².